The van der Waals surface area contributed by atoms with Gasteiger partial charge in [0, 0.05) is 21.9 Å². The lowest BCUT2D eigenvalue weighted by Crippen LogP contribution is -2.55. The number of hydrogen-bond donors (Lipinski definition) is 0. The molecule has 2 aromatic heterocycles. The second-order valence-electron chi connectivity index (χ2n) is 14.7. The monoisotopic (exact) mass is 753 g/mol. The molecule has 0 saturated heterocycles. The van der Waals surface area contributed by atoms with Crippen molar-refractivity contribution in [1.29, 1.82) is 0 Å². The van der Waals surface area contributed by atoms with Crippen molar-refractivity contribution in [2.75, 3.05) is 0 Å². The van der Waals surface area contributed by atoms with Gasteiger partial charge in [-0.15, -0.1) is 16.4 Å². The van der Waals surface area contributed by atoms with Gasteiger partial charge in [0.25, 0.3) is 0 Å². The molecule has 4 nitrogen and oxygen atoms in total. The quantitative estimate of drug-likeness (QED) is 0.159. The van der Waals surface area contributed by atoms with E-state index in [1.54, 1.807) is 0 Å². The highest BCUT2D eigenvalue weighted by atomic mass is 16.3. The lowest BCUT2D eigenvalue weighted by molar-refractivity contribution is 0.669. The zero-order chi connectivity index (χ0) is 40.9. The molecule has 0 aliphatic rings. The molecule has 0 unspecified atom stereocenters. The standard InChI is InChI=1S/C51H28B5N3O/c52-43-42(44(53)46(55)47(56)45(43)54)33-23-21-31(22-24-33)30-17-19-32(20-18-30)36-25-26-38-39-15-8-16-40(48(39)60-41(38)28-36)51-58-49(34-11-5-2-6-12-34)57-50(59-51)37-14-7-13-35(27-37)29-9-3-1-4-10-29/h1-28H. The predicted molar refractivity (Wildman–Crippen MR) is 252 cm³/mol. The number of nitrogens with zero attached hydrogens (tertiary/aromatic N) is 3. The summed E-state index contributed by atoms with van der Waals surface area (Å²) in [6.45, 7) is 0. The van der Waals surface area contributed by atoms with E-state index < -0.39 is 0 Å². The number of benzene rings is 8. The number of hydrogen-bond acceptors (Lipinski definition) is 4. The van der Waals surface area contributed by atoms with E-state index in [0.29, 0.717) is 39.5 Å². The number of aromatic nitrogens is 3. The Labute approximate surface area is 354 Å². The maximum absolute atomic E-state index is 6.71. The van der Waals surface area contributed by atoms with Crippen LogP contribution in [0.3, 0.4) is 0 Å². The predicted octanol–water partition coefficient (Wildman–Crippen LogP) is 7.41. The van der Waals surface area contributed by atoms with Gasteiger partial charge in [-0.05, 0) is 68.8 Å². The topological polar surface area (TPSA) is 51.8 Å². The first kappa shape index (κ1) is 37.2. The van der Waals surface area contributed by atoms with Gasteiger partial charge in [0.1, 0.15) is 50.4 Å². The third-order valence-corrected chi connectivity index (χ3v) is 11.1. The van der Waals surface area contributed by atoms with E-state index in [2.05, 4.69) is 72.8 Å². The van der Waals surface area contributed by atoms with E-state index in [4.69, 9.17) is 58.6 Å². The molecular formula is C51H28B5N3O. The van der Waals surface area contributed by atoms with Crippen molar-refractivity contribution in [2.45, 2.75) is 0 Å². The first-order valence-electron chi connectivity index (χ1n) is 19.5. The minimum atomic E-state index is 0.197. The van der Waals surface area contributed by atoms with Gasteiger partial charge in [0.05, 0.1) is 5.56 Å². The van der Waals surface area contributed by atoms with E-state index in [0.717, 1.165) is 72.0 Å². The minimum Gasteiger partial charge on any atom is -0.455 e. The Morgan fingerprint density at radius 3 is 1.42 bits per heavy atom. The fourth-order valence-corrected chi connectivity index (χ4v) is 7.81. The summed E-state index contributed by atoms with van der Waals surface area (Å²) in [5.41, 5.74) is 13.1. The highest BCUT2D eigenvalue weighted by Gasteiger charge is 2.19. The largest absolute Gasteiger partial charge is 0.455 e. The smallest absolute Gasteiger partial charge is 0.167 e. The minimum absolute atomic E-state index is 0.197. The first-order valence-corrected chi connectivity index (χ1v) is 19.5. The lowest BCUT2D eigenvalue weighted by atomic mass is 9.59. The Bertz CT molecular complexity index is 3210. The summed E-state index contributed by atoms with van der Waals surface area (Å²) in [6.07, 6.45) is 0. The number of fused-ring (bicyclic) bond motifs is 3. The maximum Gasteiger partial charge on any atom is 0.167 e. The van der Waals surface area contributed by atoms with Gasteiger partial charge in [-0.2, -0.15) is 0 Å². The molecule has 0 spiro atoms. The van der Waals surface area contributed by atoms with Crippen LogP contribution in [-0.2, 0) is 0 Å². The molecule has 0 N–H and O–H groups in total. The van der Waals surface area contributed by atoms with Gasteiger partial charge in [0.15, 0.2) is 17.5 Å². The summed E-state index contributed by atoms with van der Waals surface area (Å²) in [7, 11) is 30.9. The molecular weight excluding hydrogens is 725 g/mol. The summed E-state index contributed by atoms with van der Waals surface area (Å²) in [4.78, 5) is 15.1. The third kappa shape index (κ3) is 6.66. The third-order valence-electron chi connectivity index (χ3n) is 11.1. The Morgan fingerprint density at radius 2 is 0.767 bits per heavy atom. The lowest BCUT2D eigenvalue weighted by Gasteiger charge is -2.21. The summed E-state index contributed by atoms with van der Waals surface area (Å²) in [5.74, 6) is 1.70. The fraction of sp³-hybridized carbons (Fsp3) is 0. The van der Waals surface area contributed by atoms with Gasteiger partial charge in [-0.3, -0.25) is 0 Å². The highest BCUT2D eigenvalue weighted by molar-refractivity contribution is 6.68. The average Bonchev–Trinajstić information content (AvgIpc) is 3.69. The number of furan rings is 1. The van der Waals surface area contributed by atoms with Crippen molar-refractivity contribution in [3.8, 4) is 78.7 Å². The van der Waals surface area contributed by atoms with Gasteiger partial charge in [-0.1, -0.05) is 157 Å². The van der Waals surface area contributed by atoms with E-state index in [1.807, 2.05) is 97.1 Å². The Kier molecular flexibility index (Phi) is 9.45. The zero-order valence-corrected chi connectivity index (χ0v) is 32.3. The molecule has 2 heterocycles. The maximum atomic E-state index is 6.71. The Hall–Kier alpha value is -7.11. The van der Waals surface area contributed by atoms with Crippen molar-refractivity contribution in [1.82, 2.24) is 15.0 Å². The van der Waals surface area contributed by atoms with Gasteiger partial charge in [0.2, 0.25) is 0 Å². The molecule has 0 fully saturated rings. The number of rotatable bonds is 7. The molecule has 0 aliphatic carbocycles. The molecule has 0 bridgehead atoms. The zero-order valence-electron chi connectivity index (χ0n) is 32.3. The molecule has 0 saturated carbocycles. The van der Waals surface area contributed by atoms with Crippen LogP contribution in [0.2, 0.25) is 0 Å². The molecule has 10 aromatic rings. The fourth-order valence-electron chi connectivity index (χ4n) is 7.81. The highest BCUT2D eigenvalue weighted by Crippen LogP contribution is 2.38. The van der Waals surface area contributed by atoms with Crippen molar-refractivity contribution >= 4 is 88.5 Å². The normalized spacial score (nSPS) is 11.3. The van der Waals surface area contributed by atoms with Gasteiger partial charge >= 0.3 is 0 Å². The number of para-hydroxylation sites is 1. The molecule has 0 amide bonds. The second-order valence-corrected chi connectivity index (χ2v) is 14.7. The molecule has 268 valence electrons. The van der Waals surface area contributed by atoms with Crippen LogP contribution in [0.4, 0.5) is 0 Å². The van der Waals surface area contributed by atoms with Gasteiger partial charge in [-0.25, -0.2) is 15.0 Å². The van der Waals surface area contributed by atoms with Crippen molar-refractivity contribution in [3.05, 3.63) is 170 Å². The van der Waals surface area contributed by atoms with Crippen LogP contribution < -0.4 is 27.3 Å². The Morgan fingerprint density at radius 1 is 0.317 bits per heavy atom. The molecule has 10 rings (SSSR count). The summed E-state index contributed by atoms with van der Waals surface area (Å²) in [5, 5.41) is 1.99. The Balaban J connectivity index is 0.992. The molecule has 0 aliphatic heterocycles. The molecule has 8 aromatic carbocycles. The average molecular weight is 753 g/mol. The molecule has 60 heavy (non-hydrogen) atoms. The first-order chi connectivity index (χ1) is 29.3. The van der Waals surface area contributed by atoms with Crippen LogP contribution in [0.1, 0.15) is 0 Å². The van der Waals surface area contributed by atoms with E-state index in [-0.39, 0.29) is 16.4 Å². The van der Waals surface area contributed by atoms with E-state index >= 15 is 0 Å². The van der Waals surface area contributed by atoms with Crippen molar-refractivity contribution in [2.24, 2.45) is 0 Å². The van der Waals surface area contributed by atoms with Crippen molar-refractivity contribution < 1.29 is 4.42 Å². The van der Waals surface area contributed by atoms with Crippen LogP contribution in [0.15, 0.2) is 174 Å². The van der Waals surface area contributed by atoms with Crippen LogP contribution in [-0.4, -0.2) is 54.2 Å². The summed E-state index contributed by atoms with van der Waals surface area (Å²) < 4.78 is 6.71. The molecule has 10 radical (unpaired) electrons. The summed E-state index contributed by atoms with van der Waals surface area (Å²) >= 11 is 0. The van der Waals surface area contributed by atoms with Crippen LogP contribution >= 0.6 is 0 Å². The van der Waals surface area contributed by atoms with E-state index in [1.165, 1.54) is 0 Å². The van der Waals surface area contributed by atoms with Crippen LogP contribution in [0.25, 0.3) is 101 Å². The summed E-state index contributed by atoms with van der Waals surface area (Å²) in [6, 6.07) is 57.4. The van der Waals surface area contributed by atoms with Crippen LogP contribution in [0, 0.1) is 0 Å². The van der Waals surface area contributed by atoms with Gasteiger partial charge < -0.3 is 4.42 Å². The molecule has 0 atom stereocenters. The SMILES string of the molecule is [B]c1c([B])c([B])c(-c2ccc(-c3ccc(-c4ccc5c(c4)oc4c(-c6nc(-c7ccccc7)nc(-c7cccc(-c8ccccc8)c7)n6)cccc45)cc3)cc2)c([B])c1[B]. The van der Waals surface area contributed by atoms with E-state index in [9.17, 15) is 0 Å². The van der Waals surface area contributed by atoms with Crippen molar-refractivity contribution in [3.63, 3.8) is 0 Å². The van der Waals surface area contributed by atoms with Crippen LogP contribution in [0.5, 0.6) is 0 Å². The molecule has 9 heteroatoms. The second kappa shape index (κ2) is 15.2.